The van der Waals surface area contributed by atoms with Crippen molar-refractivity contribution in [2.45, 2.75) is 57.0 Å². The normalized spacial score (nSPS) is 31.0. The van der Waals surface area contributed by atoms with Gasteiger partial charge in [0.15, 0.2) is 0 Å². The summed E-state index contributed by atoms with van der Waals surface area (Å²) in [5, 5.41) is 21.5. The number of nitriles is 2. The highest BCUT2D eigenvalue weighted by Gasteiger charge is 2.31. The van der Waals surface area contributed by atoms with E-state index >= 15 is 0 Å². The molecule has 1 amide bonds. The van der Waals surface area contributed by atoms with Crippen LogP contribution in [0.3, 0.4) is 0 Å². The van der Waals surface area contributed by atoms with Gasteiger partial charge in [0.05, 0.1) is 18.7 Å². The Morgan fingerprint density at radius 1 is 1.04 bits per heavy atom. The van der Waals surface area contributed by atoms with Gasteiger partial charge in [-0.15, -0.1) is 0 Å². The average Bonchev–Trinajstić information content (AvgIpc) is 3.29. The number of hydrogen-bond acceptors (Lipinski definition) is 5. The van der Waals surface area contributed by atoms with E-state index in [4.69, 9.17) is 10.5 Å². The summed E-state index contributed by atoms with van der Waals surface area (Å²) >= 11 is 0. The van der Waals surface area contributed by atoms with Crippen LogP contribution in [0.15, 0.2) is 0 Å². The second-order valence-electron chi connectivity index (χ2n) is 7.84. The lowest BCUT2D eigenvalue weighted by Crippen LogP contribution is -2.43. The molecule has 3 atom stereocenters. The van der Waals surface area contributed by atoms with Gasteiger partial charge in [-0.05, 0) is 64.0 Å². The molecule has 3 rings (SSSR count). The monoisotopic (exact) mass is 343 g/mol. The fraction of sp³-hybridized carbons (Fsp3) is 0.842. The molecule has 6 heteroatoms. The minimum atomic E-state index is -0.220. The number of carbonyl (C=O) groups excluding carboxylic acids is 1. The van der Waals surface area contributed by atoms with E-state index in [-0.39, 0.29) is 17.9 Å². The van der Waals surface area contributed by atoms with Crippen molar-refractivity contribution in [3.63, 3.8) is 0 Å². The van der Waals surface area contributed by atoms with E-state index in [2.05, 4.69) is 22.4 Å². The van der Waals surface area contributed by atoms with Crippen LogP contribution in [0.2, 0.25) is 0 Å². The summed E-state index contributed by atoms with van der Waals surface area (Å²) in [6, 6.07) is 4.83. The minimum absolute atomic E-state index is 0.0751. The maximum atomic E-state index is 12.3. The number of carbonyl (C=O) groups is 1. The topological polar surface area (TPSA) is 83.2 Å². The molecule has 136 valence electrons. The van der Waals surface area contributed by atoms with E-state index in [0.29, 0.717) is 18.5 Å². The molecule has 0 bridgehead atoms. The van der Waals surface area contributed by atoms with Crippen molar-refractivity contribution in [2.75, 3.05) is 32.7 Å². The van der Waals surface area contributed by atoms with Crippen molar-refractivity contribution in [2.24, 2.45) is 11.8 Å². The third kappa shape index (κ3) is 4.71. The van der Waals surface area contributed by atoms with Crippen LogP contribution < -0.4 is 5.32 Å². The minimum Gasteiger partial charge on any atom is -0.326 e. The molecule has 2 heterocycles. The van der Waals surface area contributed by atoms with Crippen LogP contribution >= 0.6 is 0 Å². The highest BCUT2D eigenvalue weighted by atomic mass is 16.2. The maximum Gasteiger partial charge on any atom is 0.237 e. The summed E-state index contributed by atoms with van der Waals surface area (Å²) in [5.41, 5.74) is 0. The Hall–Kier alpha value is -1.63. The van der Waals surface area contributed by atoms with Crippen molar-refractivity contribution in [1.29, 1.82) is 10.5 Å². The van der Waals surface area contributed by atoms with E-state index in [1.807, 2.05) is 0 Å². The SMILES string of the molecule is N#CC1CCN(CC2CCC(NCC(=O)N3CCC[C@H]3C#N)C2)CC1. The second-order valence-corrected chi connectivity index (χ2v) is 7.84. The van der Waals surface area contributed by atoms with Crippen LogP contribution in [0, 0.1) is 34.5 Å². The largest absolute Gasteiger partial charge is 0.326 e. The van der Waals surface area contributed by atoms with Gasteiger partial charge in [0.1, 0.15) is 6.04 Å². The molecule has 1 saturated carbocycles. The first-order chi connectivity index (χ1) is 12.2. The fourth-order valence-corrected chi connectivity index (χ4v) is 4.57. The highest BCUT2D eigenvalue weighted by Crippen LogP contribution is 2.28. The predicted octanol–water partition coefficient (Wildman–Crippen LogP) is 1.49. The molecule has 2 aliphatic heterocycles. The zero-order valence-corrected chi connectivity index (χ0v) is 15.0. The predicted molar refractivity (Wildman–Crippen MR) is 94.3 cm³/mol. The lowest BCUT2D eigenvalue weighted by Gasteiger charge is -2.31. The molecule has 0 aromatic carbocycles. The Balaban J connectivity index is 1.35. The highest BCUT2D eigenvalue weighted by molar-refractivity contribution is 5.79. The number of hydrogen-bond donors (Lipinski definition) is 1. The lowest BCUT2D eigenvalue weighted by molar-refractivity contribution is -0.130. The molecule has 1 N–H and O–H groups in total. The first-order valence-electron chi connectivity index (χ1n) is 9.74. The standard InChI is InChI=1S/C19H29N5O/c20-11-15-5-8-23(9-6-15)14-16-3-4-17(10-16)22-13-19(25)24-7-1-2-18(24)12-21/h15-18,22H,1-10,13-14H2/t16?,17?,18-/m0/s1. The first-order valence-corrected chi connectivity index (χ1v) is 9.74. The van der Waals surface area contributed by atoms with E-state index < -0.39 is 0 Å². The molecule has 25 heavy (non-hydrogen) atoms. The van der Waals surface area contributed by atoms with Crippen LogP contribution in [0.4, 0.5) is 0 Å². The Morgan fingerprint density at radius 2 is 1.84 bits per heavy atom. The molecule has 2 unspecified atom stereocenters. The molecule has 1 aliphatic carbocycles. The van der Waals surface area contributed by atoms with Gasteiger partial charge in [-0.25, -0.2) is 0 Å². The zero-order chi connectivity index (χ0) is 17.6. The van der Waals surface area contributed by atoms with Crippen LogP contribution in [0.1, 0.15) is 44.9 Å². The van der Waals surface area contributed by atoms with Gasteiger partial charge in [0.25, 0.3) is 0 Å². The van der Waals surface area contributed by atoms with Crippen molar-refractivity contribution in [3.8, 4) is 12.1 Å². The Kier molecular flexibility index (Phi) is 6.29. The van der Waals surface area contributed by atoms with Gasteiger partial charge in [-0.3, -0.25) is 4.79 Å². The maximum absolute atomic E-state index is 12.3. The van der Waals surface area contributed by atoms with Gasteiger partial charge in [0.2, 0.25) is 5.91 Å². The molecular weight excluding hydrogens is 314 g/mol. The molecule has 6 nitrogen and oxygen atoms in total. The van der Waals surface area contributed by atoms with Gasteiger partial charge >= 0.3 is 0 Å². The fourth-order valence-electron chi connectivity index (χ4n) is 4.57. The first kappa shape index (κ1) is 18.2. The molecule has 3 fully saturated rings. The third-order valence-corrected chi connectivity index (χ3v) is 6.09. The number of likely N-dealkylation sites (tertiary alicyclic amines) is 2. The molecule has 3 aliphatic rings. The summed E-state index contributed by atoms with van der Waals surface area (Å²) in [4.78, 5) is 16.5. The van der Waals surface area contributed by atoms with Crippen molar-refractivity contribution in [1.82, 2.24) is 15.1 Å². The Labute approximate surface area is 150 Å². The van der Waals surface area contributed by atoms with Gasteiger partial charge in [-0.1, -0.05) is 0 Å². The molecule has 0 spiro atoms. The summed E-state index contributed by atoms with van der Waals surface area (Å²) in [7, 11) is 0. The van der Waals surface area contributed by atoms with Gasteiger partial charge < -0.3 is 15.1 Å². The van der Waals surface area contributed by atoms with E-state index in [1.165, 1.54) is 6.42 Å². The molecular formula is C19H29N5O. The van der Waals surface area contributed by atoms with Crippen LogP contribution in [0.5, 0.6) is 0 Å². The van der Waals surface area contributed by atoms with Gasteiger partial charge in [-0.2, -0.15) is 10.5 Å². The molecule has 0 aromatic rings. The van der Waals surface area contributed by atoms with Crippen LogP contribution in [-0.2, 0) is 4.79 Å². The molecule has 0 aromatic heterocycles. The summed E-state index contributed by atoms with van der Waals surface area (Å²) in [6.07, 6.45) is 7.26. The number of amides is 1. The third-order valence-electron chi connectivity index (χ3n) is 6.09. The quantitative estimate of drug-likeness (QED) is 0.818. The Morgan fingerprint density at radius 3 is 2.56 bits per heavy atom. The summed E-state index contributed by atoms with van der Waals surface area (Å²) in [5.74, 6) is 1.03. The van der Waals surface area contributed by atoms with E-state index in [1.54, 1.807) is 4.90 Å². The van der Waals surface area contributed by atoms with Crippen molar-refractivity contribution in [3.05, 3.63) is 0 Å². The molecule has 0 radical (unpaired) electrons. The van der Waals surface area contributed by atoms with Crippen molar-refractivity contribution < 1.29 is 4.79 Å². The number of rotatable bonds is 5. The Bertz CT molecular complexity index is 543. The van der Waals surface area contributed by atoms with Crippen LogP contribution in [-0.4, -0.2) is 60.5 Å². The van der Waals surface area contributed by atoms with E-state index in [9.17, 15) is 4.79 Å². The second kappa shape index (κ2) is 8.65. The molecule has 2 saturated heterocycles. The number of nitrogens with zero attached hydrogens (tertiary/aromatic N) is 4. The van der Waals surface area contributed by atoms with Gasteiger partial charge in [0, 0.05) is 25.0 Å². The van der Waals surface area contributed by atoms with Crippen molar-refractivity contribution >= 4 is 5.91 Å². The van der Waals surface area contributed by atoms with Crippen LogP contribution in [0.25, 0.3) is 0 Å². The smallest absolute Gasteiger partial charge is 0.237 e. The number of piperidine rings is 1. The average molecular weight is 343 g/mol. The van der Waals surface area contributed by atoms with E-state index in [0.717, 1.165) is 64.7 Å². The zero-order valence-electron chi connectivity index (χ0n) is 15.0. The lowest BCUT2D eigenvalue weighted by atomic mass is 9.97. The number of nitrogens with one attached hydrogen (secondary N) is 1. The summed E-state index contributed by atoms with van der Waals surface area (Å²) < 4.78 is 0. The summed E-state index contributed by atoms with van der Waals surface area (Å²) in [6.45, 7) is 4.33.